The van der Waals surface area contributed by atoms with E-state index in [-0.39, 0.29) is 5.54 Å². The summed E-state index contributed by atoms with van der Waals surface area (Å²) in [6, 6.07) is 0. The molecule has 0 aromatic rings. The number of hydrogen-bond acceptors (Lipinski definition) is 3. The fourth-order valence-electron chi connectivity index (χ4n) is 1.73. The molecule has 0 aromatic carbocycles. The maximum atomic E-state index is 9.46. The molecule has 1 aliphatic rings. The lowest BCUT2D eigenvalue weighted by molar-refractivity contribution is -0.144. The van der Waals surface area contributed by atoms with Crippen LogP contribution >= 0.6 is 0 Å². The number of hydroxylamine groups is 2. The van der Waals surface area contributed by atoms with Crippen molar-refractivity contribution in [3.05, 3.63) is 0 Å². The summed E-state index contributed by atoms with van der Waals surface area (Å²) >= 11 is 0. The lowest BCUT2D eigenvalue weighted by atomic mass is 9.89. The number of nitrogens with one attached hydrogen (secondary N) is 1. The van der Waals surface area contributed by atoms with Crippen LogP contribution in [0.4, 0.5) is 0 Å². The van der Waals surface area contributed by atoms with Gasteiger partial charge in [-0.25, -0.2) is 0 Å². The van der Waals surface area contributed by atoms with Gasteiger partial charge in [0, 0.05) is 12.1 Å². The normalized spacial score (nSPS) is 31.1. The van der Waals surface area contributed by atoms with Crippen molar-refractivity contribution in [3.8, 4) is 0 Å². The van der Waals surface area contributed by atoms with Crippen molar-refractivity contribution in [2.75, 3.05) is 20.1 Å². The summed E-state index contributed by atoms with van der Waals surface area (Å²) in [5.41, 5.74) is -0.0526. The third kappa shape index (κ3) is 1.55. The van der Waals surface area contributed by atoms with Crippen molar-refractivity contribution in [1.82, 2.24) is 10.4 Å². The molecule has 1 unspecified atom stereocenters. The maximum Gasteiger partial charge on any atom is 0.0444 e. The Kier molecular flexibility index (Phi) is 2.52. The van der Waals surface area contributed by atoms with E-state index in [0.29, 0.717) is 5.92 Å². The van der Waals surface area contributed by atoms with Gasteiger partial charge in [0.1, 0.15) is 0 Å². The van der Waals surface area contributed by atoms with E-state index in [1.165, 1.54) is 5.06 Å². The number of rotatable bonds is 2. The molecule has 11 heavy (non-hydrogen) atoms. The van der Waals surface area contributed by atoms with Crippen molar-refractivity contribution >= 4 is 0 Å². The van der Waals surface area contributed by atoms with Crippen LogP contribution in [0, 0.1) is 5.92 Å². The zero-order chi connectivity index (χ0) is 8.48. The van der Waals surface area contributed by atoms with Gasteiger partial charge >= 0.3 is 0 Å². The summed E-state index contributed by atoms with van der Waals surface area (Å²) in [6.07, 6.45) is 1.09. The molecule has 2 N–H and O–H groups in total. The van der Waals surface area contributed by atoms with Gasteiger partial charge < -0.3 is 10.5 Å². The van der Waals surface area contributed by atoms with Crippen LogP contribution in [-0.2, 0) is 0 Å². The van der Waals surface area contributed by atoms with Crippen LogP contribution in [-0.4, -0.2) is 35.9 Å². The minimum Gasteiger partial charge on any atom is -0.319 e. The van der Waals surface area contributed by atoms with Gasteiger partial charge in [-0.05, 0) is 39.8 Å². The van der Waals surface area contributed by atoms with E-state index >= 15 is 0 Å². The molecule has 1 fully saturated rings. The summed E-state index contributed by atoms with van der Waals surface area (Å²) < 4.78 is 0. The van der Waals surface area contributed by atoms with Crippen LogP contribution in [0.15, 0.2) is 0 Å². The van der Waals surface area contributed by atoms with Crippen LogP contribution in [0.3, 0.4) is 0 Å². The average molecular weight is 158 g/mol. The Hall–Kier alpha value is -0.120. The lowest BCUT2D eigenvalue weighted by Gasteiger charge is -2.31. The highest BCUT2D eigenvalue weighted by molar-refractivity contribution is 4.91. The smallest absolute Gasteiger partial charge is 0.0444 e. The quantitative estimate of drug-likeness (QED) is 0.621. The van der Waals surface area contributed by atoms with Crippen LogP contribution < -0.4 is 5.32 Å². The molecule has 1 rings (SSSR count). The minimum absolute atomic E-state index is 0.0526. The highest BCUT2D eigenvalue weighted by Gasteiger charge is 2.39. The first-order valence-electron chi connectivity index (χ1n) is 4.20. The summed E-state index contributed by atoms with van der Waals surface area (Å²) in [7, 11) is 1.95. The highest BCUT2D eigenvalue weighted by Crippen LogP contribution is 2.31. The Bertz CT molecular complexity index is 134. The fourth-order valence-corrected chi connectivity index (χ4v) is 1.73. The molecule has 1 heterocycles. The summed E-state index contributed by atoms with van der Waals surface area (Å²) in [5, 5.41) is 14.1. The minimum atomic E-state index is -0.0526. The summed E-state index contributed by atoms with van der Waals surface area (Å²) in [6.45, 7) is 5.97. The largest absolute Gasteiger partial charge is 0.319 e. The molecule has 0 aliphatic carbocycles. The molecule has 0 saturated carbocycles. The fraction of sp³-hybridized carbons (Fsp3) is 1.00. The Morgan fingerprint density at radius 3 is 2.64 bits per heavy atom. The zero-order valence-electron chi connectivity index (χ0n) is 7.59. The van der Waals surface area contributed by atoms with Gasteiger partial charge in [-0.2, -0.15) is 5.06 Å². The molecule has 1 saturated heterocycles. The van der Waals surface area contributed by atoms with E-state index in [2.05, 4.69) is 19.2 Å². The van der Waals surface area contributed by atoms with Crippen molar-refractivity contribution in [3.63, 3.8) is 0 Å². The van der Waals surface area contributed by atoms with Gasteiger partial charge in [-0.3, -0.25) is 0 Å². The molecule has 0 aromatic heterocycles. The standard InChI is InChI=1S/C8H18N2O/c1-8(2)7(6-9-3)4-5-10(8)11/h7,9,11H,4-6H2,1-3H3. The van der Waals surface area contributed by atoms with E-state index in [4.69, 9.17) is 0 Å². The molecule has 1 aliphatic heterocycles. The third-order valence-electron chi connectivity index (χ3n) is 2.80. The van der Waals surface area contributed by atoms with E-state index in [1.807, 2.05) is 7.05 Å². The molecule has 3 heteroatoms. The van der Waals surface area contributed by atoms with Gasteiger partial charge in [0.05, 0.1) is 0 Å². The van der Waals surface area contributed by atoms with Gasteiger partial charge in [-0.1, -0.05) is 0 Å². The second kappa shape index (κ2) is 3.09. The first-order valence-corrected chi connectivity index (χ1v) is 4.20. The van der Waals surface area contributed by atoms with Crippen molar-refractivity contribution in [2.45, 2.75) is 25.8 Å². The predicted octanol–water partition coefficient (Wildman–Crippen LogP) is 0.696. The van der Waals surface area contributed by atoms with E-state index in [9.17, 15) is 5.21 Å². The van der Waals surface area contributed by atoms with Gasteiger partial charge in [0.25, 0.3) is 0 Å². The Morgan fingerprint density at radius 2 is 2.27 bits per heavy atom. The van der Waals surface area contributed by atoms with E-state index in [0.717, 1.165) is 19.5 Å². The molecule has 0 amide bonds. The summed E-state index contributed by atoms with van der Waals surface area (Å²) in [4.78, 5) is 0. The molecule has 0 radical (unpaired) electrons. The lowest BCUT2D eigenvalue weighted by Crippen LogP contribution is -2.43. The Labute approximate surface area is 68.3 Å². The molecule has 66 valence electrons. The van der Waals surface area contributed by atoms with Crippen LogP contribution in [0.25, 0.3) is 0 Å². The molecule has 0 bridgehead atoms. The average Bonchev–Trinajstić information content (AvgIpc) is 2.16. The van der Waals surface area contributed by atoms with Crippen molar-refractivity contribution < 1.29 is 5.21 Å². The van der Waals surface area contributed by atoms with E-state index in [1.54, 1.807) is 0 Å². The topological polar surface area (TPSA) is 35.5 Å². The van der Waals surface area contributed by atoms with Crippen LogP contribution in [0.5, 0.6) is 0 Å². The van der Waals surface area contributed by atoms with Crippen LogP contribution in [0.1, 0.15) is 20.3 Å². The van der Waals surface area contributed by atoms with Crippen molar-refractivity contribution in [1.29, 1.82) is 0 Å². The molecule has 1 atom stereocenters. The van der Waals surface area contributed by atoms with Crippen molar-refractivity contribution in [2.24, 2.45) is 5.92 Å². The molecule has 0 spiro atoms. The first kappa shape index (κ1) is 8.97. The first-order chi connectivity index (χ1) is 5.09. The molecular formula is C8H18N2O. The van der Waals surface area contributed by atoms with Crippen LogP contribution in [0.2, 0.25) is 0 Å². The zero-order valence-corrected chi connectivity index (χ0v) is 7.59. The van der Waals surface area contributed by atoms with Gasteiger partial charge in [-0.15, -0.1) is 0 Å². The maximum absolute atomic E-state index is 9.46. The number of nitrogens with zero attached hydrogens (tertiary/aromatic N) is 1. The molecular weight excluding hydrogens is 140 g/mol. The summed E-state index contributed by atoms with van der Waals surface area (Å²) in [5.74, 6) is 0.567. The van der Waals surface area contributed by atoms with Gasteiger partial charge in [0.15, 0.2) is 0 Å². The third-order valence-corrected chi connectivity index (χ3v) is 2.80. The van der Waals surface area contributed by atoms with E-state index < -0.39 is 0 Å². The monoisotopic (exact) mass is 158 g/mol. The second-order valence-corrected chi connectivity index (χ2v) is 3.82. The number of hydrogen-bond donors (Lipinski definition) is 2. The second-order valence-electron chi connectivity index (χ2n) is 3.82. The molecule has 3 nitrogen and oxygen atoms in total. The van der Waals surface area contributed by atoms with Gasteiger partial charge in [0.2, 0.25) is 0 Å². The Balaban J connectivity index is 2.55. The highest BCUT2D eigenvalue weighted by atomic mass is 16.5. The Morgan fingerprint density at radius 1 is 1.64 bits per heavy atom. The predicted molar refractivity (Wildman–Crippen MR) is 44.6 cm³/mol. The SMILES string of the molecule is CNCC1CCN(O)C1(C)C.